The first-order chi connectivity index (χ1) is 9.47. The van der Waals surface area contributed by atoms with Crippen molar-refractivity contribution in [1.82, 2.24) is 4.98 Å². The molecule has 0 saturated carbocycles. The number of pyridine rings is 1. The van der Waals surface area contributed by atoms with Crippen molar-refractivity contribution in [3.63, 3.8) is 0 Å². The highest BCUT2D eigenvalue weighted by Gasteiger charge is 2.30. The summed E-state index contributed by atoms with van der Waals surface area (Å²) in [6, 6.07) is 8.20. The molecule has 1 N–H and O–H groups in total. The molecule has 7 heteroatoms. The molecule has 20 heavy (non-hydrogen) atoms. The maximum absolute atomic E-state index is 12.6. The summed E-state index contributed by atoms with van der Waals surface area (Å²) in [6.45, 7) is 0. The average Bonchev–Trinajstić information content (AvgIpc) is 2.41. The van der Waals surface area contributed by atoms with Gasteiger partial charge in [-0.3, -0.25) is 10.4 Å². The molecule has 104 valence electrons. The second-order valence-corrected chi connectivity index (χ2v) is 4.22. The molecule has 1 aromatic carbocycles. The molecule has 0 amide bonds. The Morgan fingerprint density at radius 2 is 2.00 bits per heavy atom. The number of halogens is 4. The van der Waals surface area contributed by atoms with Crippen molar-refractivity contribution in [1.29, 1.82) is 0 Å². The largest absolute Gasteiger partial charge is 0.416 e. The Balaban J connectivity index is 2.15. The van der Waals surface area contributed by atoms with Crippen molar-refractivity contribution in [3.8, 4) is 0 Å². The van der Waals surface area contributed by atoms with E-state index in [2.05, 4.69) is 15.5 Å². The van der Waals surface area contributed by atoms with Gasteiger partial charge in [-0.25, -0.2) is 0 Å². The van der Waals surface area contributed by atoms with Crippen LogP contribution in [0.2, 0.25) is 5.02 Å². The number of hydrogen-bond donors (Lipinski definition) is 1. The summed E-state index contributed by atoms with van der Waals surface area (Å²) in [5.74, 6) is 0. The second-order valence-electron chi connectivity index (χ2n) is 3.82. The maximum atomic E-state index is 12.6. The number of rotatable bonds is 3. The number of nitrogens with zero attached hydrogens (tertiary/aromatic N) is 2. The van der Waals surface area contributed by atoms with E-state index in [1.807, 2.05) is 0 Å². The quantitative estimate of drug-likeness (QED) is 0.681. The Labute approximate surface area is 118 Å². The third kappa shape index (κ3) is 3.71. The number of hydrogen-bond acceptors (Lipinski definition) is 3. The van der Waals surface area contributed by atoms with Gasteiger partial charge < -0.3 is 0 Å². The summed E-state index contributed by atoms with van der Waals surface area (Å²) in [4.78, 5) is 3.99. The molecular formula is C13H9ClF3N3. The van der Waals surface area contributed by atoms with Gasteiger partial charge in [0.2, 0.25) is 0 Å². The van der Waals surface area contributed by atoms with Gasteiger partial charge in [-0.2, -0.15) is 18.3 Å². The number of benzene rings is 1. The molecular weight excluding hydrogens is 291 g/mol. The highest BCUT2D eigenvalue weighted by molar-refractivity contribution is 6.33. The number of alkyl halides is 3. The van der Waals surface area contributed by atoms with Crippen molar-refractivity contribution in [2.24, 2.45) is 5.10 Å². The van der Waals surface area contributed by atoms with Crippen LogP contribution in [0.1, 0.15) is 11.3 Å². The number of aromatic nitrogens is 1. The summed E-state index contributed by atoms with van der Waals surface area (Å²) in [7, 11) is 0. The zero-order chi connectivity index (χ0) is 14.6. The summed E-state index contributed by atoms with van der Waals surface area (Å²) in [5.41, 5.74) is 2.33. The Bertz CT molecular complexity index is 612. The Kier molecular flexibility index (Phi) is 4.24. The second kappa shape index (κ2) is 5.92. The molecule has 0 aliphatic heterocycles. The highest BCUT2D eigenvalue weighted by atomic mass is 35.5. The normalized spacial score (nSPS) is 11.8. The fraction of sp³-hybridized carbons (Fsp3) is 0.0769. The summed E-state index contributed by atoms with van der Waals surface area (Å²) in [6.07, 6.45) is -1.46. The van der Waals surface area contributed by atoms with E-state index in [9.17, 15) is 13.2 Å². The van der Waals surface area contributed by atoms with Crippen LogP contribution < -0.4 is 5.43 Å². The molecule has 0 aliphatic rings. The molecule has 0 unspecified atom stereocenters. The lowest BCUT2D eigenvalue weighted by Crippen LogP contribution is -2.05. The van der Waals surface area contributed by atoms with Crippen LogP contribution in [0.5, 0.6) is 0 Å². The fourth-order valence-corrected chi connectivity index (χ4v) is 1.57. The Morgan fingerprint density at radius 3 is 2.65 bits per heavy atom. The van der Waals surface area contributed by atoms with Crippen LogP contribution >= 0.6 is 11.6 Å². The van der Waals surface area contributed by atoms with Crippen molar-refractivity contribution in [2.45, 2.75) is 6.18 Å². The van der Waals surface area contributed by atoms with Crippen LogP contribution in [-0.4, -0.2) is 11.2 Å². The maximum Gasteiger partial charge on any atom is 0.416 e. The number of anilines is 1. The molecule has 0 radical (unpaired) electrons. The lowest BCUT2D eigenvalue weighted by Gasteiger charge is -2.09. The van der Waals surface area contributed by atoms with Crippen molar-refractivity contribution in [2.75, 3.05) is 5.43 Å². The van der Waals surface area contributed by atoms with Gasteiger partial charge in [0, 0.05) is 6.20 Å². The van der Waals surface area contributed by atoms with Crippen molar-refractivity contribution in [3.05, 3.63) is 58.9 Å². The lowest BCUT2D eigenvalue weighted by atomic mass is 10.2. The van der Waals surface area contributed by atoms with Crippen LogP contribution in [0.3, 0.4) is 0 Å². The fourth-order valence-electron chi connectivity index (χ4n) is 1.41. The zero-order valence-electron chi connectivity index (χ0n) is 10.0. The SMILES string of the molecule is FC(F)(F)c1ccc(Cl)c(N/N=C\c2ccccn2)c1. The third-order valence-electron chi connectivity index (χ3n) is 2.36. The average molecular weight is 300 g/mol. The smallest absolute Gasteiger partial charge is 0.277 e. The minimum absolute atomic E-state index is 0.0775. The Morgan fingerprint density at radius 1 is 1.20 bits per heavy atom. The monoisotopic (exact) mass is 299 g/mol. The lowest BCUT2D eigenvalue weighted by molar-refractivity contribution is -0.137. The van der Waals surface area contributed by atoms with E-state index >= 15 is 0 Å². The highest BCUT2D eigenvalue weighted by Crippen LogP contribution is 2.33. The summed E-state index contributed by atoms with van der Waals surface area (Å²) < 4.78 is 37.7. The first-order valence-corrected chi connectivity index (χ1v) is 5.91. The standard InChI is InChI=1S/C13H9ClF3N3/c14-11-5-4-9(13(15,16)17)7-12(11)20-19-8-10-3-1-2-6-18-10/h1-8,20H/b19-8-. The topological polar surface area (TPSA) is 37.3 Å². The van der Waals surface area contributed by atoms with Gasteiger partial charge >= 0.3 is 6.18 Å². The molecule has 0 saturated heterocycles. The molecule has 2 rings (SSSR count). The van der Waals surface area contributed by atoms with Crippen molar-refractivity contribution < 1.29 is 13.2 Å². The van der Waals surface area contributed by atoms with E-state index in [1.54, 1.807) is 24.4 Å². The van der Waals surface area contributed by atoms with Crippen LogP contribution in [-0.2, 0) is 6.18 Å². The van der Waals surface area contributed by atoms with E-state index in [0.29, 0.717) is 5.69 Å². The molecule has 0 spiro atoms. The number of nitrogens with one attached hydrogen (secondary N) is 1. The van der Waals surface area contributed by atoms with Gasteiger partial charge in [0.1, 0.15) is 0 Å². The van der Waals surface area contributed by atoms with E-state index < -0.39 is 11.7 Å². The minimum Gasteiger partial charge on any atom is -0.277 e. The van der Waals surface area contributed by atoms with Gasteiger partial charge in [0.05, 0.1) is 28.2 Å². The van der Waals surface area contributed by atoms with E-state index in [-0.39, 0.29) is 10.7 Å². The summed E-state index contributed by atoms with van der Waals surface area (Å²) >= 11 is 5.81. The van der Waals surface area contributed by atoms with Gasteiger partial charge in [0.15, 0.2) is 0 Å². The molecule has 2 aromatic rings. The molecule has 1 heterocycles. The number of hydrazone groups is 1. The van der Waals surface area contributed by atoms with E-state index in [0.717, 1.165) is 12.1 Å². The zero-order valence-corrected chi connectivity index (χ0v) is 10.8. The van der Waals surface area contributed by atoms with Crippen LogP contribution in [0, 0.1) is 0 Å². The van der Waals surface area contributed by atoms with Gasteiger partial charge in [-0.15, -0.1) is 0 Å². The first-order valence-electron chi connectivity index (χ1n) is 5.53. The van der Waals surface area contributed by atoms with E-state index in [1.165, 1.54) is 12.3 Å². The molecule has 0 fully saturated rings. The Hall–Kier alpha value is -2.08. The predicted octanol–water partition coefficient (Wildman–Crippen LogP) is 4.20. The molecule has 3 nitrogen and oxygen atoms in total. The van der Waals surface area contributed by atoms with Gasteiger partial charge in [-0.05, 0) is 30.3 Å². The summed E-state index contributed by atoms with van der Waals surface area (Å²) in [5, 5.41) is 3.96. The predicted molar refractivity (Wildman–Crippen MR) is 71.9 cm³/mol. The molecule has 1 aromatic heterocycles. The van der Waals surface area contributed by atoms with Gasteiger partial charge in [-0.1, -0.05) is 17.7 Å². The van der Waals surface area contributed by atoms with Crippen LogP contribution in [0.15, 0.2) is 47.7 Å². The van der Waals surface area contributed by atoms with Gasteiger partial charge in [0.25, 0.3) is 0 Å². The first kappa shape index (κ1) is 14.3. The van der Waals surface area contributed by atoms with E-state index in [4.69, 9.17) is 11.6 Å². The van der Waals surface area contributed by atoms with Crippen LogP contribution in [0.25, 0.3) is 0 Å². The third-order valence-corrected chi connectivity index (χ3v) is 2.69. The minimum atomic E-state index is -4.42. The van der Waals surface area contributed by atoms with Crippen molar-refractivity contribution >= 4 is 23.5 Å². The van der Waals surface area contributed by atoms with Crippen LogP contribution in [0.4, 0.5) is 18.9 Å². The molecule has 0 aliphatic carbocycles. The molecule has 0 atom stereocenters. The molecule has 0 bridgehead atoms.